The van der Waals surface area contributed by atoms with Gasteiger partial charge in [0.05, 0.1) is 71.4 Å². The first-order chi connectivity index (χ1) is 61.1. The SMILES string of the molecule is CN1C(=O)[C@@H](c2ccc(C(C)(C)C#N)cc2)[C@@](C)(c2cc(-c3cncc(F)c3)cs2)N=C1N.CN1C(=O)[C@@H](c2ccc(C(C)(F)F)cc2)[C@@](C)(c2cc(-c3cncc(F)c3)cs2)N=C1N.CN1C(=O)[C@H](c2ccc(C(C)(C)C#N)cc2)[C@@](C)(c2cc(-c3cncc(F)c3)cs2)N=C1N.CN1C(=O)[C@H](c2ccc(C(C)(F)F)cc2)[C@@](C)(c2cc(-c3cncc(F)c3)cs2)N=C1N. The molecule has 0 fully saturated rings. The molecule has 0 saturated carbocycles. The summed E-state index contributed by atoms with van der Waals surface area (Å²) in [5, 5.41) is 26.4. The van der Waals surface area contributed by atoms with Gasteiger partial charge in [-0.2, -0.15) is 10.5 Å². The molecular formula is C96H90F8N18O4S4. The molecular weight excluding hydrogens is 1750 g/mol. The van der Waals surface area contributed by atoms with Gasteiger partial charge in [-0.3, -0.25) is 58.7 Å². The topological polar surface area (TPSA) is 334 Å². The van der Waals surface area contributed by atoms with E-state index in [1.165, 1.54) is 152 Å². The van der Waals surface area contributed by atoms with Crippen molar-refractivity contribution in [2.24, 2.45) is 42.9 Å². The molecule has 4 amide bonds. The number of carbonyl (C=O) groups excluding carboxylic acids is 4. The number of guanidine groups is 4. The molecule has 130 heavy (non-hydrogen) atoms. The number of aromatic nitrogens is 4. The van der Waals surface area contributed by atoms with Gasteiger partial charge in [-0.1, -0.05) is 97.1 Å². The number of hydrogen-bond donors (Lipinski definition) is 4. The molecule has 22 nitrogen and oxygen atoms in total. The maximum Gasteiger partial charge on any atom is 0.270 e. The van der Waals surface area contributed by atoms with Crippen LogP contribution < -0.4 is 22.9 Å². The molecule has 8 N–H and O–H groups in total. The highest BCUT2D eigenvalue weighted by molar-refractivity contribution is 7.11. The molecule has 4 aliphatic rings. The van der Waals surface area contributed by atoms with Crippen molar-refractivity contribution in [3.8, 4) is 56.6 Å². The molecule has 4 aromatic carbocycles. The van der Waals surface area contributed by atoms with Crippen LogP contribution in [-0.4, -0.2) is 115 Å². The molecule has 8 aromatic heterocycles. The standard InChI is InChI=1S/2C25H24FN5OS.2C23H21F3N4OS/c2*1-24(2,14-27)18-7-5-15(6-8-18)21-22(32)31(4)23(28)30-25(21,3)20-10-17(13-33-20)16-9-19(26)12-29-11-16;2*1-22(18-9-15(12-32-18)14-8-17(24)11-28-10-14)19(20(31)30(3)21(27)29-22)13-4-6-16(7-5-13)23(2,25)26/h2*5-13,21H,1-4H3,(H2,28,30);2*4-12,19H,1-3H3,(H2,27,29)/t21-,25+;21-,25-;19-,22+;19-,22-/m0101/s1. The van der Waals surface area contributed by atoms with Gasteiger partial charge >= 0.3 is 0 Å². The fraction of sp³-hybridized carbons (Fsp3) is 0.271. The summed E-state index contributed by atoms with van der Waals surface area (Å²) in [5.74, 6) is -11.0. The predicted molar refractivity (Wildman–Crippen MR) is 490 cm³/mol. The van der Waals surface area contributed by atoms with Crippen molar-refractivity contribution in [2.45, 2.75) is 138 Å². The van der Waals surface area contributed by atoms with Gasteiger partial charge < -0.3 is 22.9 Å². The number of aliphatic imine (C=N–C) groups is 4. The monoisotopic (exact) mass is 1840 g/mol. The molecule has 34 heteroatoms. The molecule has 668 valence electrons. The van der Waals surface area contributed by atoms with Crippen LogP contribution in [0.3, 0.4) is 0 Å². The van der Waals surface area contributed by atoms with Gasteiger partial charge in [0, 0.05) is 120 Å². The summed E-state index contributed by atoms with van der Waals surface area (Å²) in [5.41, 5.74) is 28.7. The zero-order chi connectivity index (χ0) is 94.4. The largest absolute Gasteiger partial charge is 0.369 e. The molecule has 0 saturated heterocycles. The van der Waals surface area contributed by atoms with Crippen LogP contribution in [0.1, 0.15) is 157 Å². The second-order valence-corrected chi connectivity index (χ2v) is 37.5. The van der Waals surface area contributed by atoms with E-state index in [1.54, 1.807) is 52.7 Å². The van der Waals surface area contributed by atoms with E-state index in [2.05, 4.69) is 42.1 Å². The number of rotatable bonds is 16. The smallest absolute Gasteiger partial charge is 0.270 e. The van der Waals surface area contributed by atoms with E-state index in [9.17, 15) is 64.8 Å². The minimum Gasteiger partial charge on any atom is -0.369 e. The first-order valence-corrected chi connectivity index (χ1v) is 44.0. The van der Waals surface area contributed by atoms with Gasteiger partial charge in [0.15, 0.2) is 23.8 Å². The van der Waals surface area contributed by atoms with Crippen LogP contribution in [0.4, 0.5) is 35.1 Å². The Kier molecular flexibility index (Phi) is 26.2. The lowest BCUT2D eigenvalue weighted by Crippen LogP contribution is -2.52. The lowest BCUT2D eigenvalue weighted by molar-refractivity contribution is -0.131. The number of nitrogens with zero attached hydrogens (tertiary/aromatic N) is 14. The number of nitrogens with two attached hydrogens (primary N) is 4. The van der Waals surface area contributed by atoms with Gasteiger partial charge in [0.1, 0.15) is 45.4 Å². The highest BCUT2D eigenvalue weighted by Gasteiger charge is 2.53. The normalized spacial score (nSPS) is 21.3. The van der Waals surface area contributed by atoms with Gasteiger partial charge in [-0.15, -0.1) is 45.3 Å². The van der Waals surface area contributed by atoms with Crippen molar-refractivity contribution in [3.05, 3.63) is 304 Å². The lowest BCUT2D eigenvalue weighted by Gasteiger charge is -2.40. The molecule has 12 heterocycles. The van der Waals surface area contributed by atoms with Crippen LogP contribution in [0.25, 0.3) is 44.5 Å². The Bertz CT molecular complexity index is 6160. The highest BCUT2D eigenvalue weighted by Crippen LogP contribution is 2.53. The van der Waals surface area contributed by atoms with E-state index in [-0.39, 0.29) is 58.6 Å². The maximum atomic E-state index is 13.7. The molecule has 4 aliphatic heterocycles. The molecule has 0 aliphatic carbocycles. The molecule has 16 rings (SSSR count). The fourth-order valence-corrected chi connectivity index (χ4v) is 20.1. The molecule has 0 radical (unpaired) electrons. The quantitative estimate of drug-likeness (QED) is 0.0654. The van der Waals surface area contributed by atoms with Crippen LogP contribution in [0, 0.1) is 45.9 Å². The van der Waals surface area contributed by atoms with E-state index >= 15 is 0 Å². The Labute approximate surface area is 761 Å². The highest BCUT2D eigenvalue weighted by atomic mass is 32.1. The molecule has 8 atom stereocenters. The first kappa shape index (κ1) is 94.1. The third-order valence-electron chi connectivity index (χ3n) is 23.9. The summed E-state index contributed by atoms with van der Waals surface area (Å²) < 4.78 is 109. The maximum absolute atomic E-state index is 13.7. The Morgan fingerprint density at radius 2 is 0.515 bits per heavy atom. The fourth-order valence-electron chi connectivity index (χ4n) is 15.9. The van der Waals surface area contributed by atoms with Crippen LogP contribution in [0.2, 0.25) is 0 Å². The number of carbonyl (C=O) groups is 4. The number of alkyl halides is 4. The third-order valence-corrected chi connectivity index (χ3v) is 28.5. The number of hydrogen-bond acceptors (Lipinski definition) is 22. The third kappa shape index (κ3) is 18.7. The number of benzene rings is 4. The summed E-state index contributed by atoms with van der Waals surface area (Å²) in [4.78, 5) is 96.3. The zero-order valence-corrected chi connectivity index (χ0v) is 76.2. The minimum absolute atomic E-state index is 0.0628. The molecule has 0 unspecified atom stereocenters. The van der Waals surface area contributed by atoms with Crippen LogP contribution in [0.5, 0.6) is 0 Å². The Hall–Kier alpha value is -13.5. The summed E-state index contributed by atoms with van der Waals surface area (Å²) in [6.07, 6.45) is 10.9. The molecule has 0 spiro atoms. The summed E-state index contributed by atoms with van der Waals surface area (Å²) in [7, 11) is 6.28. The van der Waals surface area contributed by atoms with E-state index in [0.717, 1.165) is 103 Å². The lowest BCUT2D eigenvalue weighted by atomic mass is 9.76. The number of pyridine rings is 4. The predicted octanol–water partition coefficient (Wildman–Crippen LogP) is 18.8. The number of nitriles is 2. The van der Waals surface area contributed by atoms with Crippen LogP contribution in [-0.2, 0) is 64.0 Å². The zero-order valence-electron chi connectivity index (χ0n) is 73.0. The summed E-state index contributed by atoms with van der Waals surface area (Å²) >= 11 is 5.61. The van der Waals surface area contributed by atoms with E-state index in [4.69, 9.17) is 32.9 Å². The summed E-state index contributed by atoms with van der Waals surface area (Å²) in [6, 6.07) is 44.1. The van der Waals surface area contributed by atoms with E-state index in [0.29, 0.717) is 33.4 Å². The average molecular weight is 1840 g/mol. The Morgan fingerprint density at radius 1 is 0.323 bits per heavy atom. The minimum atomic E-state index is -2.99. The molecule has 12 aromatic rings. The van der Waals surface area contributed by atoms with Crippen molar-refractivity contribution in [2.75, 3.05) is 28.2 Å². The van der Waals surface area contributed by atoms with E-state index < -0.39 is 91.8 Å². The van der Waals surface area contributed by atoms with E-state index in [1.807, 2.05) is 136 Å². The van der Waals surface area contributed by atoms with Crippen molar-refractivity contribution in [1.82, 2.24) is 39.5 Å². The molecule has 0 bridgehead atoms. The number of likely N-dealkylation sites (N-methyl/N-ethyl adjacent to an activating group) is 4. The van der Waals surface area contributed by atoms with Gasteiger partial charge in [0.2, 0.25) is 23.6 Å². The van der Waals surface area contributed by atoms with Crippen molar-refractivity contribution in [1.29, 1.82) is 10.5 Å². The van der Waals surface area contributed by atoms with Crippen molar-refractivity contribution in [3.63, 3.8) is 0 Å². The second kappa shape index (κ2) is 36.2. The van der Waals surface area contributed by atoms with Crippen LogP contribution >= 0.6 is 45.3 Å². The van der Waals surface area contributed by atoms with Crippen molar-refractivity contribution >= 4 is 92.8 Å². The Balaban J connectivity index is 0.000000148. The van der Waals surface area contributed by atoms with Gasteiger partial charge in [-0.25, -0.2) is 55.1 Å². The second-order valence-electron chi connectivity index (χ2n) is 33.9. The number of amides is 4. The average Bonchev–Trinajstić information content (AvgIpc) is 1.28. The Morgan fingerprint density at radius 3 is 0.692 bits per heavy atom. The van der Waals surface area contributed by atoms with Crippen molar-refractivity contribution < 1.29 is 54.3 Å². The number of thiophene rings is 4. The van der Waals surface area contributed by atoms with Crippen LogP contribution in [0.15, 0.2) is 237 Å². The van der Waals surface area contributed by atoms with Gasteiger partial charge in [-0.05, 0) is 181 Å². The summed E-state index contributed by atoms with van der Waals surface area (Å²) in [6.45, 7) is 16.4. The first-order valence-electron chi connectivity index (χ1n) is 40.5. The van der Waals surface area contributed by atoms with Gasteiger partial charge in [0.25, 0.3) is 11.8 Å². The number of halogens is 8.